The molecule has 100 valence electrons. The number of nitrogens with zero attached hydrogens (tertiary/aromatic N) is 1. The number of amides is 1. The van der Waals surface area contributed by atoms with E-state index in [1.165, 1.54) is 0 Å². The van der Waals surface area contributed by atoms with E-state index < -0.39 is 6.09 Å². The van der Waals surface area contributed by atoms with Crippen LogP contribution < -0.4 is 5.32 Å². The summed E-state index contributed by atoms with van der Waals surface area (Å²) in [5.41, 5.74) is 1.89. The molecule has 1 amide bonds. The SMILES string of the molecule is O=C(O)N[C@H]1CCC[C@H]1c1nc2ccc(Br)cc2[nH]1. The molecule has 3 N–H and O–H groups in total. The van der Waals surface area contributed by atoms with Crippen molar-refractivity contribution in [2.75, 3.05) is 0 Å². The highest BCUT2D eigenvalue weighted by atomic mass is 79.9. The Hall–Kier alpha value is -1.56. The zero-order valence-corrected chi connectivity index (χ0v) is 11.8. The lowest BCUT2D eigenvalue weighted by molar-refractivity contribution is 0.188. The van der Waals surface area contributed by atoms with Crippen LogP contribution in [-0.4, -0.2) is 27.2 Å². The molecule has 1 saturated carbocycles. The summed E-state index contributed by atoms with van der Waals surface area (Å²) in [4.78, 5) is 18.7. The predicted octanol–water partition coefficient (Wildman–Crippen LogP) is 3.23. The predicted molar refractivity (Wildman–Crippen MR) is 75.3 cm³/mol. The molecule has 5 nitrogen and oxygen atoms in total. The van der Waals surface area contributed by atoms with E-state index in [1.807, 2.05) is 18.2 Å². The molecule has 0 bridgehead atoms. The molecule has 1 aromatic heterocycles. The summed E-state index contributed by atoms with van der Waals surface area (Å²) in [6.45, 7) is 0. The first-order valence-electron chi connectivity index (χ1n) is 6.28. The number of hydrogen-bond acceptors (Lipinski definition) is 2. The van der Waals surface area contributed by atoms with Gasteiger partial charge in [-0.25, -0.2) is 9.78 Å². The highest BCUT2D eigenvalue weighted by Crippen LogP contribution is 2.34. The third-order valence-corrected chi connectivity index (χ3v) is 4.13. The van der Waals surface area contributed by atoms with Gasteiger partial charge in [0.1, 0.15) is 5.82 Å². The Morgan fingerprint density at radius 1 is 1.47 bits per heavy atom. The summed E-state index contributed by atoms with van der Waals surface area (Å²) >= 11 is 3.43. The average molecular weight is 324 g/mol. The Kier molecular flexibility index (Phi) is 3.18. The second-order valence-corrected chi connectivity index (χ2v) is 5.79. The van der Waals surface area contributed by atoms with E-state index in [0.717, 1.165) is 40.6 Å². The number of rotatable bonds is 2. The number of benzene rings is 1. The molecule has 0 spiro atoms. The molecule has 0 unspecified atom stereocenters. The molecule has 0 aliphatic heterocycles. The Bertz CT molecular complexity index is 625. The molecule has 2 aromatic rings. The summed E-state index contributed by atoms with van der Waals surface area (Å²) in [6, 6.07) is 5.85. The van der Waals surface area contributed by atoms with E-state index >= 15 is 0 Å². The first kappa shape index (κ1) is 12.5. The summed E-state index contributed by atoms with van der Waals surface area (Å²) in [7, 11) is 0. The molecule has 1 aromatic carbocycles. The average Bonchev–Trinajstić information content (AvgIpc) is 2.93. The van der Waals surface area contributed by atoms with Crippen molar-refractivity contribution in [3.63, 3.8) is 0 Å². The van der Waals surface area contributed by atoms with Gasteiger partial charge in [-0.2, -0.15) is 0 Å². The van der Waals surface area contributed by atoms with E-state index in [2.05, 4.69) is 31.2 Å². The minimum atomic E-state index is -0.962. The van der Waals surface area contributed by atoms with Crippen LogP contribution in [0, 0.1) is 0 Å². The Morgan fingerprint density at radius 2 is 2.32 bits per heavy atom. The molecule has 2 atom stereocenters. The fraction of sp³-hybridized carbons (Fsp3) is 0.385. The quantitative estimate of drug-likeness (QED) is 0.794. The van der Waals surface area contributed by atoms with Crippen molar-refractivity contribution in [2.45, 2.75) is 31.2 Å². The number of fused-ring (bicyclic) bond motifs is 1. The topological polar surface area (TPSA) is 78.0 Å². The Morgan fingerprint density at radius 3 is 3.11 bits per heavy atom. The van der Waals surface area contributed by atoms with E-state index in [-0.39, 0.29) is 12.0 Å². The van der Waals surface area contributed by atoms with E-state index in [4.69, 9.17) is 5.11 Å². The minimum absolute atomic E-state index is 0.0403. The minimum Gasteiger partial charge on any atom is -0.465 e. The van der Waals surface area contributed by atoms with Gasteiger partial charge < -0.3 is 15.4 Å². The molecular formula is C13H14BrN3O2. The van der Waals surface area contributed by atoms with Crippen molar-refractivity contribution in [1.29, 1.82) is 0 Å². The number of imidazole rings is 1. The molecule has 19 heavy (non-hydrogen) atoms. The number of carbonyl (C=O) groups is 1. The van der Waals surface area contributed by atoms with Crippen molar-refractivity contribution in [2.24, 2.45) is 0 Å². The van der Waals surface area contributed by atoms with Gasteiger partial charge in [0.15, 0.2) is 0 Å². The Labute approximate surface area is 118 Å². The maximum atomic E-state index is 10.8. The van der Waals surface area contributed by atoms with Crippen LogP contribution >= 0.6 is 15.9 Å². The van der Waals surface area contributed by atoms with Crippen molar-refractivity contribution in [3.8, 4) is 0 Å². The standard InChI is InChI=1S/C13H14BrN3O2/c14-7-4-5-10-11(6-7)16-12(15-10)8-2-1-3-9(8)17-13(18)19/h4-6,8-9,17H,1-3H2,(H,15,16)(H,18,19)/t8-,9+/m1/s1. The molecule has 0 saturated heterocycles. The highest BCUT2D eigenvalue weighted by Gasteiger charge is 2.31. The van der Waals surface area contributed by atoms with Crippen LogP contribution in [0.15, 0.2) is 22.7 Å². The molecular weight excluding hydrogens is 310 g/mol. The number of aromatic amines is 1. The second kappa shape index (κ2) is 4.85. The third kappa shape index (κ3) is 2.45. The lowest BCUT2D eigenvalue weighted by Crippen LogP contribution is -2.35. The lowest BCUT2D eigenvalue weighted by Gasteiger charge is -2.17. The molecule has 1 heterocycles. The molecule has 1 fully saturated rings. The molecule has 0 radical (unpaired) electrons. The van der Waals surface area contributed by atoms with Crippen molar-refractivity contribution in [1.82, 2.24) is 15.3 Å². The van der Waals surface area contributed by atoms with Crippen molar-refractivity contribution < 1.29 is 9.90 Å². The van der Waals surface area contributed by atoms with Gasteiger partial charge in [0.25, 0.3) is 0 Å². The van der Waals surface area contributed by atoms with Gasteiger partial charge >= 0.3 is 6.09 Å². The number of carboxylic acid groups (broad SMARTS) is 1. The van der Waals surface area contributed by atoms with Crippen LogP contribution in [0.3, 0.4) is 0 Å². The zero-order valence-electron chi connectivity index (χ0n) is 10.2. The molecule has 1 aliphatic carbocycles. The van der Waals surface area contributed by atoms with Crippen LogP contribution in [0.4, 0.5) is 4.79 Å². The van der Waals surface area contributed by atoms with Gasteiger partial charge in [0, 0.05) is 16.4 Å². The number of aromatic nitrogens is 2. The number of hydrogen-bond donors (Lipinski definition) is 3. The maximum Gasteiger partial charge on any atom is 0.404 e. The normalized spacial score (nSPS) is 22.8. The van der Waals surface area contributed by atoms with Gasteiger partial charge in [-0.05, 0) is 31.0 Å². The van der Waals surface area contributed by atoms with Gasteiger partial charge in [0.05, 0.1) is 11.0 Å². The van der Waals surface area contributed by atoms with E-state index in [9.17, 15) is 4.79 Å². The van der Waals surface area contributed by atoms with Crippen LogP contribution in [0.2, 0.25) is 0 Å². The second-order valence-electron chi connectivity index (χ2n) is 4.88. The third-order valence-electron chi connectivity index (χ3n) is 3.64. The smallest absolute Gasteiger partial charge is 0.404 e. The summed E-state index contributed by atoms with van der Waals surface area (Å²) < 4.78 is 1.00. The number of H-pyrrole nitrogens is 1. The van der Waals surface area contributed by atoms with E-state index in [0.29, 0.717) is 0 Å². The van der Waals surface area contributed by atoms with Crippen LogP contribution in [0.1, 0.15) is 31.0 Å². The Balaban J connectivity index is 1.92. The van der Waals surface area contributed by atoms with Crippen LogP contribution in [0.5, 0.6) is 0 Å². The molecule has 1 aliphatic rings. The first-order chi connectivity index (χ1) is 9.13. The molecule has 3 rings (SSSR count). The summed E-state index contributed by atoms with van der Waals surface area (Å²) in [5.74, 6) is 1.02. The fourth-order valence-corrected chi connectivity index (χ4v) is 3.16. The van der Waals surface area contributed by atoms with Crippen LogP contribution in [-0.2, 0) is 0 Å². The number of halogens is 1. The van der Waals surface area contributed by atoms with Crippen molar-refractivity contribution >= 4 is 33.1 Å². The summed E-state index contributed by atoms with van der Waals surface area (Å²) in [5, 5.41) is 11.5. The first-order valence-corrected chi connectivity index (χ1v) is 7.07. The summed E-state index contributed by atoms with van der Waals surface area (Å²) in [6.07, 6.45) is 1.90. The van der Waals surface area contributed by atoms with Crippen LogP contribution in [0.25, 0.3) is 11.0 Å². The monoisotopic (exact) mass is 323 g/mol. The fourth-order valence-electron chi connectivity index (χ4n) is 2.80. The lowest BCUT2D eigenvalue weighted by atomic mass is 10.0. The van der Waals surface area contributed by atoms with Gasteiger partial charge in [-0.15, -0.1) is 0 Å². The van der Waals surface area contributed by atoms with Gasteiger partial charge in [-0.1, -0.05) is 22.4 Å². The van der Waals surface area contributed by atoms with Gasteiger partial charge in [0.2, 0.25) is 0 Å². The largest absolute Gasteiger partial charge is 0.465 e. The van der Waals surface area contributed by atoms with Crippen molar-refractivity contribution in [3.05, 3.63) is 28.5 Å². The molecule has 6 heteroatoms. The zero-order chi connectivity index (χ0) is 13.4. The highest BCUT2D eigenvalue weighted by molar-refractivity contribution is 9.10. The van der Waals surface area contributed by atoms with E-state index in [1.54, 1.807) is 0 Å². The number of nitrogens with one attached hydrogen (secondary N) is 2. The van der Waals surface area contributed by atoms with Gasteiger partial charge in [-0.3, -0.25) is 0 Å². The maximum absolute atomic E-state index is 10.8.